The van der Waals surface area contributed by atoms with Crippen molar-refractivity contribution in [3.05, 3.63) is 58.6 Å². The van der Waals surface area contributed by atoms with Gasteiger partial charge in [-0.2, -0.15) is 0 Å². The molecule has 112 valence electrons. The molecule has 0 aliphatic heterocycles. The molecular formula is C16H13FN2O2S. The molecule has 3 rings (SSSR count). The molecule has 2 aromatic carbocycles. The number of aromatic nitrogens is 2. The highest BCUT2D eigenvalue weighted by molar-refractivity contribution is 7.71. The minimum absolute atomic E-state index is 0.0940. The molecule has 0 fully saturated rings. The number of hydrogen-bond acceptors (Lipinski definition) is 3. The number of aromatic amines is 1. The number of carbonyl (C=O) groups is 1. The maximum Gasteiger partial charge on any atom is 0.182 e. The summed E-state index contributed by atoms with van der Waals surface area (Å²) < 4.78 is 20.3. The second-order valence-electron chi connectivity index (χ2n) is 4.83. The van der Waals surface area contributed by atoms with Crippen molar-refractivity contribution in [1.29, 1.82) is 0 Å². The zero-order valence-corrected chi connectivity index (χ0v) is 12.6. The highest BCUT2D eigenvalue weighted by atomic mass is 32.1. The number of halogens is 1. The molecule has 1 N–H and O–H groups in total. The maximum absolute atomic E-state index is 12.9. The van der Waals surface area contributed by atoms with Gasteiger partial charge >= 0.3 is 0 Å². The predicted molar refractivity (Wildman–Crippen MR) is 84.4 cm³/mol. The van der Waals surface area contributed by atoms with Gasteiger partial charge in [-0.25, -0.2) is 4.39 Å². The first-order valence-corrected chi connectivity index (χ1v) is 7.04. The van der Waals surface area contributed by atoms with E-state index in [2.05, 4.69) is 4.98 Å². The van der Waals surface area contributed by atoms with Crippen LogP contribution in [0.25, 0.3) is 11.0 Å². The molecule has 0 bridgehead atoms. The summed E-state index contributed by atoms with van der Waals surface area (Å²) in [6, 6.07) is 11.0. The van der Waals surface area contributed by atoms with Gasteiger partial charge in [-0.1, -0.05) is 0 Å². The maximum atomic E-state index is 12.9. The smallest absolute Gasteiger partial charge is 0.182 e. The minimum atomic E-state index is -0.368. The van der Waals surface area contributed by atoms with Crippen LogP contribution in [-0.2, 0) is 6.54 Å². The number of carbonyl (C=O) groups excluding carboxylic acids is 1. The third-order valence-electron chi connectivity index (χ3n) is 3.45. The van der Waals surface area contributed by atoms with Crippen LogP contribution in [0.15, 0.2) is 42.5 Å². The number of imidazole rings is 1. The van der Waals surface area contributed by atoms with E-state index in [-0.39, 0.29) is 18.1 Å². The Balaban J connectivity index is 1.96. The van der Waals surface area contributed by atoms with Crippen molar-refractivity contribution in [3.63, 3.8) is 0 Å². The third kappa shape index (κ3) is 2.65. The van der Waals surface area contributed by atoms with E-state index < -0.39 is 0 Å². The van der Waals surface area contributed by atoms with Crippen LogP contribution in [0.4, 0.5) is 4.39 Å². The molecule has 0 saturated heterocycles. The number of hydrogen-bond donors (Lipinski definition) is 1. The quantitative estimate of drug-likeness (QED) is 0.589. The summed E-state index contributed by atoms with van der Waals surface area (Å²) in [6.45, 7) is 0.0940. The fraction of sp³-hybridized carbons (Fsp3) is 0.125. The molecule has 0 amide bonds. The predicted octanol–water partition coefficient (Wildman–Crippen LogP) is 3.73. The lowest BCUT2D eigenvalue weighted by Crippen LogP contribution is -2.10. The van der Waals surface area contributed by atoms with Crippen LogP contribution in [0.1, 0.15) is 10.4 Å². The second-order valence-corrected chi connectivity index (χ2v) is 5.22. The number of rotatable bonds is 4. The number of ketones is 1. The summed E-state index contributed by atoms with van der Waals surface area (Å²) in [7, 11) is 1.59. The van der Waals surface area contributed by atoms with Crippen LogP contribution < -0.4 is 4.74 Å². The molecule has 4 nitrogen and oxygen atoms in total. The highest BCUT2D eigenvalue weighted by Gasteiger charge is 2.11. The summed E-state index contributed by atoms with van der Waals surface area (Å²) in [5.74, 6) is 0.209. The van der Waals surface area contributed by atoms with Crippen LogP contribution in [0.3, 0.4) is 0 Å². The first-order chi connectivity index (χ1) is 10.6. The molecule has 3 aromatic rings. The minimum Gasteiger partial charge on any atom is -0.497 e. The summed E-state index contributed by atoms with van der Waals surface area (Å²) in [6.07, 6.45) is 0. The Morgan fingerprint density at radius 1 is 1.27 bits per heavy atom. The van der Waals surface area contributed by atoms with E-state index in [0.29, 0.717) is 16.1 Å². The van der Waals surface area contributed by atoms with E-state index in [9.17, 15) is 9.18 Å². The van der Waals surface area contributed by atoms with E-state index in [1.165, 1.54) is 24.3 Å². The largest absolute Gasteiger partial charge is 0.497 e. The lowest BCUT2D eigenvalue weighted by Gasteiger charge is -2.05. The van der Waals surface area contributed by atoms with E-state index in [1.54, 1.807) is 11.7 Å². The molecular weight excluding hydrogens is 303 g/mol. The molecule has 1 heterocycles. The van der Waals surface area contributed by atoms with Gasteiger partial charge < -0.3 is 14.3 Å². The van der Waals surface area contributed by atoms with Crippen LogP contribution in [0, 0.1) is 10.6 Å². The lowest BCUT2D eigenvalue weighted by molar-refractivity contribution is 0.0973. The zero-order chi connectivity index (χ0) is 15.7. The molecule has 0 aliphatic rings. The van der Waals surface area contributed by atoms with Gasteiger partial charge in [0.15, 0.2) is 10.6 Å². The summed E-state index contributed by atoms with van der Waals surface area (Å²) in [5, 5.41) is 0. The highest BCUT2D eigenvalue weighted by Crippen LogP contribution is 2.21. The Morgan fingerprint density at radius 3 is 2.68 bits per heavy atom. The van der Waals surface area contributed by atoms with Crippen molar-refractivity contribution in [3.8, 4) is 5.75 Å². The van der Waals surface area contributed by atoms with Crippen LogP contribution in [0.5, 0.6) is 5.75 Å². The Labute approximate surface area is 131 Å². The van der Waals surface area contributed by atoms with Gasteiger partial charge in [0, 0.05) is 11.6 Å². The standard InChI is InChI=1S/C16H13FN2O2S/c1-21-12-6-7-14-13(8-12)18-16(22)19(14)9-15(20)10-2-4-11(17)5-3-10/h2-8H,9H2,1H3,(H,18,22). The van der Waals surface area contributed by atoms with Gasteiger partial charge in [0.2, 0.25) is 0 Å². The van der Waals surface area contributed by atoms with Gasteiger partial charge in [-0.3, -0.25) is 4.79 Å². The second kappa shape index (κ2) is 5.73. The van der Waals surface area contributed by atoms with Crippen molar-refractivity contribution in [2.75, 3.05) is 7.11 Å². The Hall–Kier alpha value is -2.47. The number of methoxy groups -OCH3 is 1. The molecule has 0 aliphatic carbocycles. The van der Waals surface area contributed by atoms with E-state index in [4.69, 9.17) is 17.0 Å². The average Bonchev–Trinajstić information content (AvgIpc) is 2.83. The first-order valence-electron chi connectivity index (χ1n) is 6.64. The molecule has 22 heavy (non-hydrogen) atoms. The molecule has 0 unspecified atom stereocenters. The summed E-state index contributed by atoms with van der Waals surface area (Å²) >= 11 is 5.28. The number of Topliss-reactive ketones (excluding diaryl/α,β-unsaturated/α-hetero) is 1. The summed E-state index contributed by atoms with van der Waals surface area (Å²) in [4.78, 5) is 15.4. The summed E-state index contributed by atoms with van der Waals surface area (Å²) in [5.41, 5.74) is 2.07. The monoisotopic (exact) mass is 316 g/mol. The Morgan fingerprint density at radius 2 is 2.00 bits per heavy atom. The van der Waals surface area contributed by atoms with Crippen molar-refractivity contribution < 1.29 is 13.9 Å². The number of benzene rings is 2. The Bertz CT molecular complexity index is 897. The van der Waals surface area contributed by atoms with Gasteiger partial charge in [0.1, 0.15) is 11.6 Å². The number of fused-ring (bicyclic) bond motifs is 1. The van der Waals surface area contributed by atoms with E-state index >= 15 is 0 Å². The zero-order valence-electron chi connectivity index (χ0n) is 11.8. The van der Waals surface area contributed by atoms with Gasteiger partial charge in [-0.15, -0.1) is 0 Å². The van der Waals surface area contributed by atoms with Crippen LogP contribution >= 0.6 is 12.2 Å². The van der Waals surface area contributed by atoms with Crippen molar-refractivity contribution in [2.45, 2.75) is 6.54 Å². The molecule has 0 spiro atoms. The molecule has 1 aromatic heterocycles. The normalized spacial score (nSPS) is 10.8. The fourth-order valence-electron chi connectivity index (χ4n) is 2.30. The number of nitrogens with one attached hydrogen (secondary N) is 1. The number of nitrogens with zero attached hydrogens (tertiary/aromatic N) is 1. The van der Waals surface area contributed by atoms with E-state index in [0.717, 1.165) is 11.0 Å². The number of ether oxygens (including phenoxy) is 1. The molecule has 0 atom stereocenters. The average molecular weight is 316 g/mol. The van der Waals surface area contributed by atoms with Crippen LogP contribution in [-0.4, -0.2) is 22.4 Å². The Kier molecular flexibility index (Phi) is 3.77. The molecule has 0 saturated carbocycles. The van der Waals surface area contributed by atoms with Gasteiger partial charge in [0.05, 0.1) is 24.7 Å². The molecule has 0 radical (unpaired) electrons. The fourth-order valence-corrected chi connectivity index (χ4v) is 2.57. The lowest BCUT2D eigenvalue weighted by atomic mass is 10.1. The van der Waals surface area contributed by atoms with Crippen LogP contribution in [0.2, 0.25) is 0 Å². The number of H-pyrrole nitrogens is 1. The topological polar surface area (TPSA) is 47.0 Å². The third-order valence-corrected chi connectivity index (χ3v) is 3.77. The van der Waals surface area contributed by atoms with E-state index in [1.807, 2.05) is 18.2 Å². The van der Waals surface area contributed by atoms with Gasteiger partial charge in [-0.05, 0) is 48.6 Å². The van der Waals surface area contributed by atoms with Crippen molar-refractivity contribution >= 4 is 29.0 Å². The van der Waals surface area contributed by atoms with Gasteiger partial charge in [0.25, 0.3) is 0 Å². The SMILES string of the molecule is COc1ccc2c(c1)[nH]c(=S)n2CC(=O)c1ccc(F)cc1. The molecule has 6 heteroatoms. The van der Waals surface area contributed by atoms with Crippen molar-refractivity contribution in [1.82, 2.24) is 9.55 Å². The first kappa shape index (κ1) is 14.5. The van der Waals surface area contributed by atoms with Crippen molar-refractivity contribution in [2.24, 2.45) is 0 Å².